The maximum absolute atomic E-state index is 12.4. The standard InChI is InChI=1S/C26H26O7.C2H6/c1-5-19(6-2)25(28)33-23-14-13-22(17-18(23)4)32-26(29)20-9-11-21(12-10-20)30-15-8-16-31-24(27)7-3;1-2/h5-7,9-14,17H,1,3,8,15-16H2,2,4H3;1-2H3/b19-6+;. The zero-order chi connectivity index (χ0) is 26.2. The van der Waals surface area contributed by atoms with Gasteiger partial charge < -0.3 is 18.9 Å². The van der Waals surface area contributed by atoms with Gasteiger partial charge in [-0.1, -0.05) is 39.2 Å². The lowest BCUT2D eigenvalue weighted by molar-refractivity contribution is -0.138. The lowest BCUT2D eigenvalue weighted by Gasteiger charge is -2.10. The van der Waals surface area contributed by atoms with Crippen LogP contribution in [-0.4, -0.2) is 31.1 Å². The van der Waals surface area contributed by atoms with Crippen LogP contribution in [0.15, 0.2) is 79.4 Å². The highest BCUT2D eigenvalue weighted by atomic mass is 16.5. The normalized spacial score (nSPS) is 10.2. The van der Waals surface area contributed by atoms with Gasteiger partial charge >= 0.3 is 17.9 Å². The average Bonchev–Trinajstić information content (AvgIpc) is 2.87. The van der Waals surface area contributed by atoms with E-state index in [4.69, 9.17) is 18.9 Å². The average molecular weight is 481 g/mol. The van der Waals surface area contributed by atoms with Gasteiger partial charge in [0.05, 0.1) is 24.4 Å². The fraction of sp³-hybridized carbons (Fsp3) is 0.250. The second-order valence-corrected chi connectivity index (χ2v) is 6.75. The summed E-state index contributed by atoms with van der Waals surface area (Å²) < 4.78 is 21.2. The minimum Gasteiger partial charge on any atom is -0.493 e. The third-order valence-corrected chi connectivity index (χ3v) is 4.38. The van der Waals surface area contributed by atoms with Crippen molar-refractivity contribution in [3.8, 4) is 17.2 Å². The maximum Gasteiger partial charge on any atom is 0.343 e. The minimum absolute atomic E-state index is 0.234. The van der Waals surface area contributed by atoms with E-state index in [1.807, 2.05) is 13.8 Å². The van der Waals surface area contributed by atoms with Gasteiger partial charge in [0.15, 0.2) is 0 Å². The molecule has 0 heterocycles. The Labute approximate surface area is 206 Å². The van der Waals surface area contributed by atoms with Gasteiger partial charge in [0.25, 0.3) is 0 Å². The van der Waals surface area contributed by atoms with Gasteiger partial charge in [-0.05, 0) is 61.9 Å². The number of esters is 3. The minimum atomic E-state index is -0.537. The van der Waals surface area contributed by atoms with Crippen molar-refractivity contribution in [3.05, 3.63) is 90.6 Å². The molecule has 0 saturated carbocycles. The van der Waals surface area contributed by atoms with E-state index >= 15 is 0 Å². The summed E-state index contributed by atoms with van der Waals surface area (Å²) in [5.74, 6) is -0.267. The zero-order valence-corrected chi connectivity index (χ0v) is 20.7. The first-order valence-electron chi connectivity index (χ1n) is 11.2. The molecule has 0 unspecified atom stereocenters. The smallest absolute Gasteiger partial charge is 0.343 e. The third kappa shape index (κ3) is 9.71. The molecule has 7 heteroatoms. The lowest BCUT2D eigenvalue weighted by Crippen LogP contribution is -2.11. The second-order valence-electron chi connectivity index (χ2n) is 6.75. The Morgan fingerprint density at radius 2 is 1.54 bits per heavy atom. The van der Waals surface area contributed by atoms with Crippen LogP contribution in [0.5, 0.6) is 17.2 Å². The molecule has 0 aliphatic rings. The number of rotatable bonds is 11. The molecular formula is C28H32O7. The summed E-state index contributed by atoms with van der Waals surface area (Å²) in [6.45, 7) is 14.9. The van der Waals surface area contributed by atoms with Crippen molar-refractivity contribution in [2.75, 3.05) is 13.2 Å². The molecule has 0 radical (unpaired) electrons. The summed E-state index contributed by atoms with van der Waals surface area (Å²) in [5.41, 5.74) is 1.34. The van der Waals surface area contributed by atoms with E-state index in [1.165, 1.54) is 6.08 Å². The summed E-state index contributed by atoms with van der Waals surface area (Å²) >= 11 is 0. The van der Waals surface area contributed by atoms with Gasteiger partial charge in [-0.25, -0.2) is 14.4 Å². The molecule has 2 aromatic carbocycles. The molecule has 0 atom stereocenters. The van der Waals surface area contributed by atoms with Gasteiger partial charge in [0.1, 0.15) is 17.2 Å². The number of aryl methyl sites for hydroxylation is 1. The van der Waals surface area contributed by atoms with Gasteiger partial charge in [-0.2, -0.15) is 0 Å². The van der Waals surface area contributed by atoms with Crippen molar-refractivity contribution < 1.29 is 33.3 Å². The SMILES string of the molecule is C=CC(=O)OCCCOc1ccc(C(=O)Oc2ccc(OC(=O)/C(C=C)=C/C)c(C)c2)cc1.CC. The van der Waals surface area contributed by atoms with E-state index in [-0.39, 0.29) is 6.61 Å². The van der Waals surface area contributed by atoms with Gasteiger partial charge in [-0.15, -0.1) is 0 Å². The number of hydrogen-bond donors (Lipinski definition) is 0. The fourth-order valence-electron chi connectivity index (χ4n) is 2.61. The molecule has 2 rings (SSSR count). The molecule has 0 N–H and O–H groups in total. The molecule has 186 valence electrons. The summed E-state index contributed by atoms with van der Waals surface area (Å²) in [7, 11) is 0. The van der Waals surface area contributed by atoms with E-state index in [0.717, 1.165) is 6.08 Å². The Morgan fingerprint density at radius 3 is 2.11 bits per heavy atom. The Hall–Kier alpha value is -4.13. The number of allylic oxidation sites excluding steroid dienone is 1. The molecule has 0 bridgehead atoms. The van der Waals surface area contributed by atoms with Crippen LogP contribution < -0.4 is 14.2 Å². The van der Waals surface area contributed by atoms with Crippen LogP contribution in [0, 0.1) is 6.92 Å². The quantitative estimate of drug-likeness (QED) is 0.132. The van der Waals surface area contributed by atoms with Crippen molar-refractivity contribution in [1.82, 2.24) is 0 Å². The van der Waals surface area contributed by atoms with Crippen LogP contribution in [0.4, 0.5) is 0 Å². The summed E-state index contributed by atoms with van der Waals surface area (Å²) in [6.07, 6.45) is 4.66. The van der Waals surface area contributed by atoms with Crippen molar-refractivity contribution in [2.24, 2.45) is 0 Å². The van der Waals surface area contributed by atoms with Crippen molar-refractivity contribution in [2.45, 2.75) is 34.1 Å². The van der Waals surface area contributed by atoms with Gasteiger partial charge in [0.2, 0.25) is 0 Å². The van der Waals surface area contributed by atoms with Crippen LogP contribution in [0.3, 0.4) is 0 Å². The van der Waals surface area contributed by atoms with Crippen LogP contribution in [0.2, 0.25) is 0 Å². The Balaban J connectivity index is 0.00000298. The monoisotopic (exact) mass is 480 g/mol. The first-order valence-corrected chi connectivity index (χ1v) is 11.2. The van der Waals surface area contributed by atoms with Crippen LogP contribution in [0.25, 0.3) is 0 Å². The predicted octanol–water partition coefficient (Wildman–Crippen LogP) is 5.78. The first kappa shape index (κ1) is 28.9. The topological polar surface area (TPSA) is 88.1 Å². The molecule has 35 heavy (non-hydrogen) atoms. The van der Waals surface area contributed by atoms with Crippen LogP contribution in [0.1, 0.15) is 43.1 Å². The number of carbonyl (C=O) groups is 3. The highest BCUT2D eigenvalue weighted by Gasteiger charge is 2.13. The van der Waals surface area contributed by atoms with Crippen molar-refractivity contribution >= 4 is 17.9 Å². The second kappa shape index (κ2) is 15.7. The van der Waals surface area contributed by atoms with E-state index in [0.29, 0.717) is 47.0 Å². The van der Waals surface area contributed by atoms with E-state index < -0.39 is 17.9 Å². The van der Waals surface area contributed by atoms with Crippen molar-refractivity contribution in [1.29, 1.82) is 0 Å². The first-order chi connectivity index (χ1) is 16.9. The fourth-order valence-corrected chi connectivity index (χ4v) is 2.61. The zero-order valence-electron chi connectivity index (χ0n) is 20.7. The van der Waals surface area contributed by atoms with E-state index in [2.05, 4.69) is 13.2 Å². The third-order valence-electron chi connectivity index (χ3n) is 4.38. The molecule has 0 aliphatic carbocycles. The summed E-state index contributed by atoms with van der Waals surface area (Å²) in [6, 6.07) is 11.2. The van der Waals surface area contributed by atoms with Crippen molar-refractivity contribution in [3.63, 3.8) is 0 Å². The van der Waals surface area contributed by atoms with E-state index in [9.17, 15) is 14.4 Å². The molecule has 0 amide bonds. The lowest BCUT2D eigenvalue weighted by atomic mass is 10.2. The molecule has 0 aliphatic heterocycles. The highest BCUT2D eigenvalue weighted by Crippen LogP contribution is 2.25. The van der Waals surface area contributed by atoms with Gasteiger partial charge in [0, 0.05) is 12.5 Å². The molecule has 0 spiro atoms. The molecule has 0 saturated heterocycles. The summed E-state index contributed by atoms with van der Waals surface area (Å²) in [5, 5.41) is 0. The number of ether oxygens (including phenoxy) is 4. The predicted molar refractivity (Wildman–Crippen MR) is 135 cm³/mol. The number of hydrogen-bond acceptors (Lipinski definition) is 7. The summed E-state index contributed by atoms with van der Waals surface area (Å²) in [4.78, 5) is 35.4. The molecule has 0 aromatic heterocycles. The van der Waals surface area contributed by atoms with Crippen LogP contribution in [-0.2, 0) is 14.3 Å². The van der Waals surface area contributed by atoms with Gasteiger partial charge in [-0.3, -0.25) is 0 Å². The Kier molecular flexibility index (Phi) is 12.9. The highest BCUT2D eigenvalue weighted by molar-refractivity contribution is 5.93. The molecule has 7 nitrogen and oxygen atoms in total. The number of carbonyl (C=O) groups excluding carboxylic acids is 3. The molecule has 2 aromatic rings. The number of benzene rings is 2. The van der Waals surface area contributed by atoms with E-state index in [1.54, 1.807) is 62.4 Å². The Morgan fingerprint density at radius 1 is 0.886 bits per heavy atom. The molecule has 0 fully saturated rings. The largest absolute Gasteiger partial charge is 0.493 e. The Bertz CT molecular complexity index is 1050. The van der Waals surface area contributed by atoms with Crippen LogP contribution >= 0.6 is 0 Å². The maximum atomic E-state index is 12.4. The molecular weight excluding hydrogens is 448 g/mol.